The normalized spacial score (nSPS) is 15.2. The summed E-state index contributed by atoms with van der Waals surface area (Å²) in [5.74, 6) is -0.222. The number of carbonyl (C=O) groups is 2. The fourth-order valence-electron chi connectivity index (χ4n) is 3.29. The van der Waals surface area contributed by atoms with Crippen molar-refractivity contribution >= 4 is 34.9 Å². The number of ether oxygens (including phenoxy) is 1. The highest BCUT2D eigenvalue weighted by molar-refractivity contribution is 6.31. The number of halogens is 2. The number of hydrogen-bond acceptors (Lipinski definition) is 4. The van der Waals surface area contributed by atoms with E-state index in [4.69, 9.17) is 27.9 Å². The predicted molar refractivity (Wildman–Crippen MR) is 119 cm³/mol. The molecule has 0 spiro atoms. The third-order valence-corrected chi connectivity index (χ3v) is 5.41. The number of allylic oxidation sites excluding steroid dienone is 1. The lowest BCUT2D eigenvalue weighted by Crippen LogP contribution is -2.41. The van der Waals surface area contributed by atoms with E-state index in [1.807, 2.05) is 30.5 Å². The Hall–Kier alpha value is -3.09. The molecule has 2 aromatic carbocycles. The number of ketones is 1. The molecule has 0 radical (unpaired) electrons. The molecule has 0 fully saturated rings. The zero-order valence-electron chi connectivity index (χ0n) is 16.5. The van der Waals surface area contributed by atoms with Crippen LogP contribution >= 0.6 is 23.2 Å². The van der Waals surface area contributed by atoms with Crippen LogP contribution in [-0.2, 0) is 11.3 Å². The van der Waals surface area contributed by atoms with Gasteiger partial charge in [0.25, 0.3) is 5.91 Å². The summed E-state index contributed by atoms with van der Waals surface area (Å²) in [6, 6.07) is 12.3. The maximum absolute atomic E-state index is 12.6. The lowest BCUT2D eigenvalue weighted by molar-refractivity contribution is -0.127. The van der Waals surface area contributed by atoms with Crippen LogP contribution in [0.15, 0.2) is 67.1 Å². The molecule has 1 N–H and O–H groups in total. The van der Waals surface area contributed by atoms with Gasteiger partial charge < -0.3 is 10.1 Å². The van der Waals surface area contributed by atoms with E-state index in [0.717, 1.165) is 11.1 Å². The summed E-state index contributed by atoms with van der Waals surface area (Å²) >= 11 is 11.9. The Kier molecular flexibility index (Phi) is 6.11. The molecule has 158 valence electrons. The molecule has 1 aliphatic rings. The second-order valence-electron chi connectivity index (χ2n) is 7.22. The topological polar surface area (TPSA) is 73.2 Å². The summed E-state index contributed by atoms with van der Waals surface area (Å²) < 4.78 is 7.46. The highest BCUT2D eigenvalue weighted by atomic mass is 35.5. The number of fused-ring (bicyclic) bond motifs is 1. The SMILES string of the molecule is C=C(CCn1cc(-c2ccc(Cl)cc2)cn1)NC(=O)[C@H]1CC(=O)c2cc(Cl)ccc2O1. The van der Waals surface area contributed by atoms with Crippen molar-refractivity contribution in [2.45, 2.75) is 25.5 Å². The fraction of sp³-hybridized carbons (Fsp3) is 0.174. The lowest BCUT2D eigenvalue weighted by atomic mass is 10.0. The second kappa shape index (κ2) is 8.96. The summed E-state index contributed by atoms with van der Waals surface area (Å²) in [5, 5.41) is 8.21. The van der Waals surface area contributed by atoms with E-state index in [1.165, 1.54) is 0 Å². The molecule has 1 atom stereocenters. The monoisotopic (exact) mass is 455 g/mol. The Bertz CT molecular complexity index is 1160. The van der Waals surface area contributed by atoms with Gasteiger partial charge in [0, 0.05) is 40.5 Å². The van der Waals surface area contributed by atoms with Gasteiger partial charge in [-0.15, -0.1) is 0 Å². The van der Waals surface area contributed by atoms with Crippen LogP contribution in [0.4, 0.5) is 0 Å². The van der Waals surface area contributed by atoms with Gasteiger partial charge in [0.05, 0.1) is 18.2 Å². The van der Waals surface area contributed by atoms with Crippen molar-refractivity contribution in [3.63, 3.8) is 0 Å². The van der Waals surface area contributed by atoms with Gasteiger partial charge in [-0.1, -0.05) is 41.9 Å². The molecule has 1 amide bonds. The minimum Gasteiger partial charge on any atom is -0.479 e. The molecule has 3 aromatic rings. The Morgan fingerprint density at radius 1 is 1.16 bits per heavy atom. The number of aromatic nitrogens is 2. The van der Waals surface area contributed by atoms with Crippen LogP contribution < -0.4 is 10.1 Å². The van der Waals surface area contributed by atoms with Gasteiger partial charge in [-0.3, -0.25) is 14.3 Å². The van der Waals surface area contributed by atoms with Crippen LogP contribution in [0.2, 0.25) is 10.0 Å². The summed E-state index contributed by atoms with van der Waals surface area (Å²) in [6.07, 6.45) is 3.23. The Morgan fingerprint density at radius 3 is 2.68 bits per heavy atom. The van der Waals surface area contributed by atoms with E-state index in [0.29, 0.717) is 40.0 Å². The molecule has 8 heteroatoms. The second-order valence-corrected chi connectivity index (χ2v) is 8.09. The number of nitrogens with one attached hydrogen (secondary N) is 1. The third kappa shape index (κ3) is 4.98. The quantitative estimate of drug-likeness (QED) is 0.572. The summed E-state index contributed by atoms with van der Waals surface area (Å²) in [5.41, 5.74) is 2.90. The summed E-state index contributed by atoms with van der Waals surface area (Å²) in [4.78, 5) is 24.9. The first-order valence-electron chi connectivity index (χ1n) is 9.65. The highest BCUT2D eigenvalue weighted by Crippen LogP contribution is 2.30. The molecule has 0 unspecified atom stereocenters. The molecule has 1 aromatic heterocycles. The molecule has 4 rings (SSSR count). The molecular formula is C23H19Cl2N3O3. The van der Waals surface area contributed by atoms with Gasteiger partial charge >= 0.3 is 0 Å². The summed E-state index contributed by atoms with van der Waals surface area (Å²) in [7, 11) is 0. The van der Waals surface area contributed by atoms with Crippen LogP contribution in [-0.4, -0.2) is 27.6 Å². The molecule has 2 heterocycles. The average molecular weight is 456 g/mol. The van der Waals surface area contributed by atoms with Gasteiger partial charge in [0.2, 0.25) is 0 Å². The van der Waals surface area contributed by atoms with Gasteiger partial charge in [-0.25, -0.2) is 0 Å². The zero-order valence-corrected chi connectivity index (χ0v) is 18.0. The maximum Gasteiger partial charge on any atom is 0.265 e. The first kappa shape index (κ1) is 21.2. The van der Waals surface area contributed by atoms with Crippen LogP contribution in [0.25, 0.3) is 11.1 Å². The van der Waals surface area contributed by atoms with Crippen molar-refractivity contribution in [3.8, 4) is 16.9 Å². The largest absolute Gasteiger partial charge is 0.479 e. The molecule has 0 aliphatic carbocycles. The first-order valence-corrected chi connectivity index (χ1v) is 10.4. The number of aryl methyl sites for hydroxylation is 1. The first-order chi connectivity index (χ1) is 14.9. The van der Waals surface area contributed by atoms with Crippen molar-refractivity contribution < 1.29 is 14.3 Å². The average Bonchev–Trinajstić information content (AvgIpc) is 3.22. The van der Waals surface area contributed by atoms with E-state index in [9.17, 15) is 9.59 Å². The lowest BCUT2D eigenvalue weighted by Gasteiger charge is -2.24. The van der Waals surface area contributed by atoms with Gasteiger partial charge in [-0.05, 0) is 35.9 Å². The van der Waals surface area contributed by atoms with Crippen molar-refractivity contribution in [1.29, 1.82) is 0 Å². The number of rotatable bonds is 6. The molecule has 1 aliphatic heterocycles. The fourth-order valence-corrected chi connectivity index (χ4v) is 3.58. The van der Waals surface area contributed by atoms with Crippen molar-refractivity contribution in [2.75, 3.05) is 0 Å². The van der Waals surface area contributed by atoms with Crippen LogP contribution in [0.3, 0.4) is 0 Å². The van der Waals surface area contributed by atoms with E-state index < -0.39 is 12.0 Å². The van der Waals surface area contributed by atoms with E-state index in [2.05, 4.69) is 17.0 Å². The molecule has 0 saturated heterocycles. The van der Waals surface area contributed by atoms with Crippen molar-refractivity contribution in [2.24, 2.45) is 0 Å². The minimum absolute atomic E-state index is 0.0456. The van der Waals surface area contributed by atoms with Gasteiger partial charge in [0.15, 0.2) is 11.9 Å². The minimum atomic E-state index is -0.904. The molecule has 31 heavy (non-hydrogen) atoms. The number of hydrogen-bond donors (Lipinski definition) is 1. The third-order valence-electron chi connectivity index (χ3n) is 4.93. The Labute approximate surface area is 189 Å². The van der Waals surface area contributed by atoms with Crippen LogP contribution in [0.5, 0.6) is 5.75 Å². The molecule has 0 saturated carbocycles. The summed E-state index contributed by atoms with van der Waals surface area (Å²) in [6.45, 7) is 4.45. The van der Waals surface area contributed by atoms with E-state index in [1.54, 1.807) is 29.1 Å². The van der Waals surface area contributed by atoms with E-state index >= 15 is 0 Å². The molecular weight excluding hydrogens is 437 g/mol. The zero-order chi connectivity index (χ0) is 22.0. The number of benzene rings is 2. The van der Waals surface area contributed by atoms with Crippen molar-refractivity contribution in [3.05, 3.63) is 82.7 Å². The predicted octanol–water partition coefficient (Wildman–Crippen LogP) is 4.91. The standard InChI is InChI=1S/C23H19Cl2N3O3/c1-14(8-9-28-13-16(12-26-28)15-2-4-17(24)5-3-15)27-23(30)22-11-20(29)19-10-18(25)6-7-21(19)31-22/h2-7,10,12-13,22H,1,8-9,11H2,(H,27,30)/t22-/m1/s1. The number of Topliss-reactive ketones (excluding diaryl/α,β-unsaturated/α-hetero) is 1. The smallest absolute Gasteiger partial charge is 0.265 e. The Morgan fingerprint density at radius 2 is 1.90 bits per heavy atom. The van der Waals surface area contributed by atoms with Crippen LogP contribution in [0.1, 0.15) is 23.2 Å². The van der Waals surface area contributed by atoms with E-state index in [-0.39, 0.29) is 12.2 Å². The highest BCUT2D eigenvalue weighted by Gasteiger charge is 2.31. The van der Waals surface area contributed by atoms with Gasteiger partial charge in [-0.2, -0.15) is 5.10 Å². The molecule has 6 nitrogen and oxygen atoms in total. The molecule has 0 bridgehead atoms. The maximum atomic E-state index is 12.6. The number of carbonyl (C=O) groups excluding carboxylic acids is 2. The van der Waals surface area contributed by atoms with Crippen molar-refractivity contribution in [1.82, 2.24) is 15.1 Å². The van der Waals surface area contributed by atoms with Crippen LogP contribution in [0, 0.1) is 0 Å². The Balaban J connectivity index is 1.31. The number of amides is 1. The number of nitrogens with zero attached hydrogens (tertiary/aromatic N) is 2. The van der Waals surface area contributed by atoms with Gasteiger partial charge in [0.1, 0.15) is 5.75 Å².